The highest BCUT2D eigenvalue weighted by molar-refractivity contribution is 6.06. The molecule has 114 valence electrons. The Balaban J connectivity index is 2.59. The van der Waals surface area contributed by atoms with Crippen molar-refractivity contribution in [3.63, 3.8) is 0 Å². The Bertz CT molecular complexity index is 378. The normalized spacial score (nSPS) is 18.4. The van der Waals surface area contributed by atoms with Crippen molar-refractivity contribution < 1.29 is 19.5 Å². The van der Waals surface area contributed by atoms with Crippen LogP contribution in [0.1, 0.15) is 26.2 Å². The largest absolute Gasteiger partial charge is 0.409 e. The van der Waals surface area contributed by atoms with Crippen LogP contribution < -0.4 is 16.4 Å². The van der Waals surface area contributed by atoms with Gasteiger partial charge in [-0.2, -0.15) is 0 Å². The van der Waals surface area contributed by atoms with Gasteiger partial charge in [-0.3, -0.25) is 9.59 Å². The summed E-state index contributed by atoms with van der Waals surface area (Å²) in [6, 6.07) is 0. The zero-order chi connectivity index (χ0) is 15.0. The molecule has 0 aromatic carbocycles. The van der Waals surface area contributed by atoms with Crippen molar-refractivity contribution in [1.82, 2.24) is 10.6 Å². The molecule has 0 bridgehead atoms. The fourth-order valence-corrected chi connectivity index (χ4v) is 2.16. The molecule has 0 aromatic heterocycles. The molecule has 1 rings (SSSR count). The number of hydrogen-bond donors (Lipinski definition) is 4. The third kappa shape index (κ3) is 3.83. The maximum absolute atomic E-state index is 12.3. The molecule has 1 fully saturated rings. The zero-order valence-corrected chi connectivity index (χ0v) is 11.6. The first-order valence-electron chi connectivity index (χ1n) is 6.67. The average Bonchev–Trinajstić information content (AvgIpc) is 2.47. The summed E-state index contributed by atoms with van der Waals surface area (Å²) < 4.78 is 5.21. The van der Waals surface area contributed by atoms with Gasteiger partial charge >= 0.3 is 0 Å². The van der Waals surface area contributed by atoms with Crippen LogP contribution in [-0.2, 0) is 14.3 Å². The molecule has 1 saturated heterocycles. The standard InChI is InChI=1S/C12H22N4O4/c1-2-14-9(17)3-6-15-11(18)12(10(13)16-19)4-7-20-8-5-12/h19H,2-8H2,1H3,(H2,13,16)(H,14,17)(H,15,18). The summed E-state index contributed by atoms with van der Waals surface area (Å²) in [5, 5.41) is 17.2. The van der Waals surface area contributed by atoms with Crippen LogP contribution >= 0.6 is 0 Å². The van der Waals surface area contributed by atoms with E-state index < -0.39 is 5.41 Å². The summed E-state index contributed by atoms with van der Waals surface area (Å²) in [4.78, 5) is 23.6. The molecule has 0 saturated carbocycles. The first-order valence-corrected chi connectivity index (χ1v) is 6.67. The lowest BCUT2D eigenvalue weighted by Crippen LogP contribution is -2.53. The van der Waals surface area contributed by atoms with Crippen LogP contribution in [0.25, 0.3) is 0 Å². The molecule has 0 aromatic rings. The fraction of sp³-hybridized carbons (Fsp3) is 0.750. The van der Waals surface area contributed by atoms with E-state index in [1.807, 2.05) is 6.92 Å². The second kappa shape index (κ2) is 7.68. The molecule has 1 aliphatic rings. The van der Waals surface area contributed by atoms with Crippen molar-refractivity contribution in [1.29, 1.82) is 0 Å². The SMILES string of the molecule is CCNC(=O)CCNC(=O)C1(C(N)=NO)CCOCC1. The van der Waals surface area contributed by atoms with Gasteiger partial charge in [0.05, 0.1) is 0 Å². The van der Waals surface area contributed by atoms with Crippen LogP contribution in [0.5, 0.6) is 0 Å². The number of amides is 2. The van der Waals surface area contributed by atoms with E-state index in [0.29, 0.717) is 32.6 Å². The summed E-state index contributed by atoms with van der Waals surface area (Å²) in [5.41, 5.74) is 4.62. The highest BCUT2D eigenvalue weighted by Gasteiger charge is 2.44. The number of nitrogens with two attached hydrogens (primary N) is 1. The lowest BCUT2D eigenvalue weighted by molar-refractivity contribution is -0.131. The topological polar surface area (TPSA) is 126 Å². The number of amidine groups is 1. The number of rotatable bonds is 6. The molecule has 0 spiro atoms. The van der Waals surface area contributed by atoms with Gasteiger partial charge in [0.15, 0.2) is 5.84 Å². The fourth-order valence-electron chi connectivity index (χ4n) is 2.16. The van der Waals surface area contributed by atoms with Gasteiger partial charge in [-0.1, -0.05) is 5.16 Å². The number of nitrogens with zero attached hydrogens (tertiary/aromatic N) is 1. The van der Waals surface area contributed by atoms with E-state index in [2.05, 4.69) is 15.8 Å². The third-order valence-corrected chi connectivity index (χ3v) is 3.39. The van der Waals surface area contributed by atoms with Gasteiger partial charge < -0.3 is 26.3 Å². The van der Waals surface area contributed by atoms with E-state index in [0.717, 1.165) is 0 Å². The van der Waals surface area contributed by atoms with E-state index >= 15 is 0 Å². The Morgan fingerprint density at radius 3 is 2.55 bits per heavy atom. The molecule has 0 aliphatic carbocycles. The molecule has 8 heteroatoms. The van der Waals surface area contributed by atoms with Crippen LogP contribution in [0.2, 0.25) is 0 Å². The number of hydrogen-bond acceptors (Lipinski definition) is 5. The summed E-state index contributed by atoms with van der Waals surface area (Å²) in [6.45, 7) is 3.34. The summed E-state index contributed by atoms with van der Waals surface area (Å²) in [6.07, 6.45) is 0.911. The van der Waals surface area contributed by atoms with Gasteiger partial charge in [-0.25, -0.2) is 0 Å². The highest BCUT2D eigenvalue weighted by atomic mass is 16.5. The second-order valence-electron chi connectivity index (χ2n) is 4.64. The molecule has 5 N–H and O–H groups in total. The maximum atomic E-state index is 12.3. The first kappa shape index (κ1) is 16.2. The number of carbonyl (C=O) groups excluding carboxylic acids is 2. The van der Waals surface area contributed by atoms with Crippen LogP contribution in [0.3, 0.4) is 0 Å². The van der Waals surface area contributed by atoms with Crippen LogP contribution in [-0.4, -0.2) is 49.2 Å². The molecule has 1 aliphatic heterocycles. The quantitative estimate of drug-likeness (QED) is 0.219. The molecule has 20 heavy (non-hydrogen) atoms. The van der Waals surface area contributed by atoms with Gasteiger partial charge in [0, 0.05) is 32.7 Å². The molecular formula is C12H22N4O4. The number of oxime groups is 1. The van der Waals surface area contributed by atoms with Crippen LogP contribution in [0, 0.1) is 5.41 Å². The van der Waals surface area contributed by atoms with Gasteiger partial charge in [0.2, 0.25) is 11.8 Å². The van der Waals surface area contributed by atoms with Crippen LogP contribution in [0.15, 0.2) is 5.16 Å². The van der Waals surface area contributed by atoms with Crippen LogP contribution in [0.4, 0.5) is 0 Å². The molecule has 0 unspecified atom stereocenters. The Kier molecular flexibility index (Phi) is 6.23. The lowest BCUT2D eigenvalue weighted by Gasteiger charge is -2.34. The van der Waals surface area contributed by atoms with Crippen molar-refractivity contribution in [2.24, 2.45) is 16.3 Å². The molecule has 1 heterocycles. The second-order valence-corrected chi connectivity index (χ2v) is 4.64. The van der Waals surface area contributed by atoms with Gasteiger partial charge in [-0.15, -0.1) is 0 Å². The van der Waals surface area contributed by atoms with Crippen molar-refractivity contribution >= 4 is 17.6 Å². The first-order chi connectivity index (χ1) is 9.56. The van der Waals surface area contributed by atoms with Crippen molar-refractivity contribution in [3.8, 4) is 0 Å². The van der Waals surface area contributed by atoms with Gasteiger partial charge in [0.1, 0.15) is 5.41 Å². The Hall–Kier alpha value is -1.83. The van der Waals surface area contributed by atoms with E-state index in [1.165, 1.54) is 0 Å². The number of ether oxygens (including phenoxy) is 1. The molecule has 0 atom stereocenters. The highest BCUT2D eigenvalue weighted by Crippen LogP contribution is 2.31. The number of nitrogens with one attached hydrogen (secondary N) is 2. The molecule has 0 radical (unpaired) electrons. The van der Waals surface area contributed by atoms with Gasteiger partial charge in [-0.05, 0) is 19.8 Å². The molecule has 8 nitrogen and oxygen atoms in total. The van der Waals surface area contributed by atoms with E-state index in [4.69, 9.17) is 15.7 Å². The van der Waals surface area contributed by atoms with E-state index in [-0.39, 0.29) is 30.6 Å². The molecule has 2 amide bonds. The maximum Gasteiger partial charge on any atom is 0.234 e. The summed E-state index contributed by atoms with van der Waals surface area (Å²) >= 11 is 0. The zero-order valence-electron chi connectivity index (χ0n) is 11.6. The third-order valence-electron chi connectivity index (χ3n) is 3.39. The van der Waals surface area contributed by atoms with E-state index in [1.54, 1.807) is 0 Å². The Morgan fingerprint density at radius 2 is 2.00 bits per heavy atom. The van der Waals surface area contributed by atoms with Crippen molar-refractivity contribution in [2.75, 3.05) is 26.3 Å². The summed E-state index contributed by atoms with van der Waals surface area (Å²) in [5.74, 6) is -0.575. The van der Waals surface area contributed by atoms with Crippen molar-refractivity contribution in [2.45, 2.75) is 26.2 Å². The Labute approximate surface area is 117 Å². The van der Waals surface area contributed by atoms with Crippen molar-refractivity contribution in [3.05, 3.63) is 0 Å². The monoisotopic (exact) mass is 286 g/mol. The smallest absolute Gasteiger partial charge is 0.234 e. The van der Waals surface area contributed by atoms with E-state index in [9.17, 15) is 9.59 Å². The predicted molar refractivity (Wildman–Crippen MR) is 72.2 cm³/mol. The minimum Gasteiger partial charge on any atom is -0.409 e. The predicted octanol–water partition coefficient (Wildman–Crippen LogP) is -0.828. The minimum absolute atomic E-state index is 0.115. The summed E-state index contributed by atoms with van der Waals surface area (Å²) in [7, 11) is 0. The Morgan fingerprint density at radius 1 is 1.35 bits per heavy atom. The van der Waals surface area contributed by atoms with Gasteiger partial charge in [0.25, 0.3) is 0 Å². The minimum atomic E-state index is -1.05. The number of carbonyl (C=O) groups is 2. The average molecular weight is 286 g/mol. The molecular weight excluding hydrogens is 264 g/mol. The lowest BCUT2D eigenvalue weighted by atomic mass is 9.78.